The number of hydrogen-bond donors (Lipinski definition) is 2. The zero-order chi connectivity index (χ0) is 26.9. The van der Waals surface area contributed by atoms with Crippen LogP contribution in [0.2, 0.25) is 0 Å². The number of nitrogens with zero attached hydrogens (tertiary/aromatic N) is 1. The fraction of sp³-hybridized carbons (Fsp3) is 0.258. The number of carboxylic acid groups (broad SMARTS) is 1. The van der Waals surface area contributed by atoms with Crippen LogP contribution in [0.25, 0.3) is 0 Å². The van der Waals surface area contributed by atoms with Crippen LogP contribution in [0.1, 0.15) is 54.6 Å². The predicted octanol–water partition coefficient (Wildman–Crippen LogP) is 5.86. The molecule has 2 N–H and O–H groups in total. The molecule has 4 rings (SSSR count). The number of hydrogen-bond acceptors (Lipinski definition) is 5. The summed E-state index contributed by atoms with van der Waals surface area (Å²) in [5.41, 5.74) is 2.67. The molecule has 3 aromatic carbocycles. The molecule has 1 amide bonds. The van der Waals surface area contributed by atoms with E-state index in [0.717, 1.165) is 11.3 Å². The first-order valence-corrected chi connectivity index (χ1v) is 12.9. The Bertz CT molecular complexity index is 1290. The van der Waals surface area contributed by atoms with Crippen LogP contribution in [0.4, 0.5) is 5.69 Å². The van der Waals surface area contributed by atoms with Gasteiger partial charge in [0.15, 0.2) is 5.78 Å². The molecule has 1 aliphatic heterocycles. The van der Waals surface area contributed by atoms with Crippen molar-refractivity contribution in [2.45, 2.75) is 38.6 Å². The third kappa shape index (κ3) is 6.29. The molecule has 38 heavy (non-hydrogen) atoms. The van der Waals surface area contributed by atoms with E-state index in [0.29, 0.717) is 49.2 Å². The molecule has 1 heterocycles. The number of rotatable bonds is 13. The lowest BCUT2D eigenvalue weighted by molar-refractivity contribution is -0.137. The van der Waals surface area contributed by atoms with Crippen molar-refractivity contribution in [1.29, 1.82) is 0 Å². The van der Waals surface area contributed by atoms with Gasteiger partial charge in [0.05, 0.1) is 18.2 Å². The molecular formula is C31H32N2O5. The summed E-state index contributed by atoms with van der Waals surface area (Å²) in [7, 11) is 0. The Hall–Kier alpha value is -4.39. The molecule has 0 bridgehead atoms. The maximum absolute atomic E-state index is 14.0. The summed E-state index contributed by atoms with van der Waals surface area (Å²) in [5.74, 6) is -0.584. The van der Waals surface area contributed by atoms with Crippen molar-refractivity contribution in [3.63, 3.8) is 0 Å². The third-order valence-corrected chi connectivity index (χ3v) is 6.45. The van der Waals surface area contributed by atoms with Crippen LogP contribution in [0.15, 0.2) is 96.2 Å². The second-order valence-electron chi connectivity index (χ2n) is 9.08. The number of anilines is 1. The average molecular weight is 513 g/mol. The van der Waals surface area contributed by atoms with Gasteiger partial charge in [0.25, 0.3) is 5.91 Å². The molecule has 1 unspecified atom stereocenters. The highest BCUT2D eigenvalue weighted by Gasteiger charge is 2.43. The van der Waals surface area contributed by atoms with Crippen LogP contribution in [0, 0.1) is 0 Å². The molecule has 0 aromatic heterocycles. The van der Waals surface area contributed by atoms with Crippen molar-refractivity contribution in [2.24, 2.45) is 0 Å². The highest BCUT2D eigenvalue weighted by atomic mass is 16.5. The largest absolute Gasteiger partial charge is 0.494 e. The van der Waals surface area contributed by atoms with Crippen molar-refractivity contribution >= 4 is 23.3 Å². The van der Waals surface area contributed by atoms with Crippen molar-refractivity contribution in [3.05, 3.63) is 107 Å². The SMILES string of the molecule is CCOc1ccc(NC2=C(C(=O)c3ccccc3)C(c3ccccc3)N(CCCCCC(=O)O)C2=O)cc1. The zero-order valence-corrected chi connectivity index (χ0v) is 21.4. The quantitative estimate of drug-likeness (QED) is 0.220. The van der Waals surface area contributed by atoms with E-state index >= 15 is 0 Å². The number of unbranched alkanes of at least 4 members (excludes halogenated alkanes) is 2. The van der Waals surface area contributed by atoms with Crippen LogP contribution in [0.3, 0.4) is 0 Å². The molecule has 0 saturated carbocycles. The highest BCUT2D eigenvalue weighted by Crippen LogP contribution is 2.40. The second-order valence-corrected chi connectivity index (χ2v) is 9.08. The second kappa shape index (κ2) is 12.7. The number of aliphatic carboxylic acids is 1. The van der Waals surface area contributed by atoms with Gasteiger partial charge < -0.3 is 20.1 Å². The number of carboxylic acids is 1. The van der Waals surface area contributed by atoms with E-state index in [-0.39, 0.29) is 23.8 Å². The van der Waals surface area contributed by atoms with Gasteiger partial charge in [-0.15, -0.1) is 0 Å². The molecule has 1 atom stereocenters. The van der Waals surface area contributed by atoms with Crippen LogP contribution >= 0.6 is 0 Å². The van der Waals surface area contributed by atoms with Crippen molar-refractivity contribution < 1.29 is 24.2 Å². The lowest BCUT2D eigenvalue weighted by Gasteiger charge is -2.27. The summed E-state index contributed by atoms with van der Waals surface area (Å²) in [6.45, 7) is 2.86. The number of benzene rings is 3. The minimum absolute atomic E-state index is 0.0938. The van der Waals surface area contributed by atoms with E-state index < -0.39 is 12.0 Å². The number of amides is 1. The zero-order valence-electron chi connectivity index (χ0n) is 21.4. The fourth-order valence-electron chi connectivity index (χ4n) is 4.67. The van der Waals surface area contributed by atoms with Crippen LogP contribution in [0.5, 0.6) is 5.75 Å². The summed E-state index contributed by atoms with van der Waals surface area (Å²) < 4.78 is 5.53. The van der Waals surface area contributed by atoms with Gasteiger partial charge in [-0.1, -0.05) is 67.1 Å². The summed E-state index contributed by atoms with van der Waals surface area (Å²) in [5, 5.41) is 12.2. The summed E-state index contributed by atoms with van der Waals surface area (Å²) in [6.07, 6.45) is 1.93. The molecule has 0 spiro atoms. The number of carbonyl (C=O) groups is 3. The predicted molar refractivity (Wildman–Crippen MR) is 146 cm³/mol. The molecular weight excluding hydrogens is 480 g/mol. The molecule has 0 fully saturated rings. The Morgan fingerprint density at radius 1 is 0.895 bits per heavy atom. The van der Waals surface area contributed by atoms with Gasteiger partial charge in [-0.25, -0.2) is 0 Å². The number of carbonyl (C=O) groups excluding carboxylic acids is 2. The number of Topliss-reactive ketones (excluding diaryl/α,β-unsaturated/α-hetero) is 1. The normalized spacial score (nSPS) is 15.0. The molecule has 7 heteroatoms. The van der Waals surface area contributed by atoms with Gasteiger partial charge >= 0.3 is 5.97 Å². The van der Waals surface area contributed by atoms with Gasteiger partial charge in [0.2, 0.25) is 0 Å². The maximum atomic E-state index is 14.0. The Morgan fingerprint density at radius 2 is 1.55 bits per heavy atom. The first-order valence-electron chi connectivity index (χ1n) is 12.9. The molecule has 1 aliphatic rings. The first kappa shape index (κ1) is 26.7. The summed E-state index contributed by atoms with van der Waals surface area (Å²) in [4.78, 5) is 40.5. The van der Waals surface area contributed by atoms with E-state index in [1.54, 1.807) is 17.0 Å². The minimum atomic E-state index is -0.830. The van der Waals surface area contributed by atoms with E-state index in [9.17, 15) is 14.4 Å². The van der Waals surface area contributed by atoms with Gasteiger partial charge in [0.1, 0.15) is 11.4 Å². The molecule has 7 nitrogen and oxygen atoms in total. The van der Waals surface area contributed by atoms with E-state index in [2.05, 4.69) is 5.32 Å². The Balaban J connectivity index is 1.72. The van der Waals surface area contributed by atoms with Gasteiger partial charge in [-0.3, -0.25) is 14.4 Å². The van der Waals surface area contributed by atoms with Gasteiger partial charge in [0, 0.05) is 24.2 Å². The molecule has 0 aliphatic carbocycles. The number of ketones is 1. The molecule has 196 valence electrons. The Kier molecular flexibility index (Phi) is 8.93. The van der Waals surface area contributed by atoms with Gasteiger partial charge in [-0.05, 0) is 49.6 Å². The summed E-state index contributed by atoms with van der Waals surface area (Å²) in [6, 6.07) is 25.2. The standard InChI is InChI=1S/C31H32N2O5/c1-2-38-25-19-17-24(18-20-25)32-28-27(30(36)23-14-8-4-9-15-23)29(22-12-6-3-7-13-22)33(31(28)37)21-11-5-10-16-26(34)35/h3-4,6-9,12-15,17-20,29,32H,2,5,10-11,16,21H2,1H3,(H,34,35). The van der Waals surface area contributed by atoms with E-state index in [1.807, 2.05) is 79.7 Å². The van der Waals surface area contributed by atoms with Gasteiger partial charge in [-0.2, -0.15) is 0 Å². The monoisotopic (exact) mass is 512 g/mol. The Morgan fingerprint density at radius 3 is 2.18 bits per heavy atom. The molecule has 3 aromatic rings. The smallest absolute Gasteiger partial charge is 0.303 e. The van der Waals surface area contributed by atoms with Crippen molar-refractivity contribution in [2.75, 3.05) is 18.5 Å². The van der Waals surface area contributed by atoms with E-state index in [4.69, 9.17) is 9.84 Å². The molecule has 0 saturated heterocycles. The van der Waals surface area contributed by atoms with Crippen molar-refractivity contribution in [1.82, 2.24) is 4.90 Å². The summed E-state index contributed by atoms with van der Waals surface area (Å²) >= 11 is 0. The van der Waals surface area contributed by atoms with Crippen LogP contribution in [-0.4, -0.2) is 40.8 Å². The van der Waals surface area contributed by atoms with Crippen LogP contribution < -0.4 is 10.1 Å². The highest BCUT2D eigenvalue weighted by molar-refractivity contribution is 6.18. The number of nitrogens with one attached hydrogen (secondary N) is 1. The average Bonchev–Trinajstić information content (AvgIpc) is 3.21. The molecule has 0 radical (unpaired) electrons. The minimum Gasteiger partial charge on any atom is -0.494 e. The lowest BCUT2D eigenvalue weighted by atomic mass is 9.92. The lowest BCUT2D eigenvalue weighted by Crippen LogP contribution is -2.32. The van der Waals surface area contributed by atoms with E-state index in [1.165, 1.54) is 0 Å². The Labute approximate surface area is 222 Å². The fourth-order valence-corrected chi connectivity index (χ4v) is 4.67. The van der Waals surface area contributed by atoms with Crippen LogP contribution in [-0.2, 0) is 9.59 Å². The third-order valence-electron chi connectivity index (χ3n) is 6.45. The maximum Gasteiger partial charge on any atom is 0.303 e. The topological polar surface area (TPSA) is 95.9 Å². The first-order chi connectivity index (χ1) is 18.5. The number of ether oxygens (including phenoxy) is 1. The van der Waals surface area contributed by atoms with Crippen molar-refractivity contribution in [3.8, 4) is 5.75 Å².